The van der Waals surface area contributed by atoms with Gasteiger partial charge in [-0.3, -0.25) is 0 Å². The number of alkyl halides is 3. The van der Waals surface area contributed by atoms with Crippen molar-refractivity contribution in [1.82, 2.24) is 10.6 Å². The van der Waals surface area contributed by atoms with Gasteiger partial charge in [0.1, 0.15) is 5.75 Å². The minimum Gasteiger partial charge on any atom is -0.497 e. The van der Waals surface area contributed by atoms with Crippen molar-refractivity contribution in [2.75, 3.05) is 7.11 Å². The van der Waals surface area contributed by atoms with Crippen LogP contribution in [0.5, 0.6) is 5.75 Å². The molecule has 23 heavy (non-hydrogen) atoms. The monoisotopic (exact) mass is 330 g/mol. The lowest BCUT2D eigenvalue weighted by Crippen LogP contribution is -2.42. The van der Waals surface area contributed by atoms with Crippen molar-refractivity contribution in [1.29, 1.82) is 0 Å². The summed E-state index contributed by atoms with van der Waals surface area (Å²) in [6, 6.07) is 3.40. The van der Waals surface area contributed by atoms with E-state index in [2.05, 4.69) is 10.6 Å². The molecule has 128 valence electrons. The van der Waals surface area contributed by atoms with E-state index in [4.69, 9.17) is 4.74 Å². The number of carbonyl (C=O) groups excluding carboxylic acids is 1. The largest absolute Gasteiger partial charge is 0.497 e. The van der Waals surface area contributed by atoms with Crippen LogP contribution in [0.3, 0.4) is 0 Å². The van der Waals surface area contributed by atoms with Gasteiger partial charge < -0.3 is 15.4 Å². The van der Waals surface area contributed by atoms with E-state index in [1.54, 1.807) is 0 Å². The Morgan fingerprint density at radius 3 is 2.57 bits per heavy atom. The van der Waals surface area contributed by atoms with Crippen LogP contribution in [0, 0.1) is 0 Å². The van der Waals surface area contributed by atoms with Crippen LogP contribution in [0.25, 0.3) is 0 Å². The molecule has 2 N–H and O–H groups in total. The number of nitrogens with one attached hydrogen (secondary N) is 2. The van der Waals surface area contributed by atoms with E-state index in [0.29, 0.717) is 0 Å². The molecule has 1 aromatic carbocycles. The number of ether oxygens (including phenoxy) is 1. The molecule has 0 atom stereocenters. The fourth-order valence-corrected chi connectivity index (χ4v) is 2.76. The number of halogens is 3. The zero-order chi connectivity index (χ0) is 16.9. The number of rotatable bonds is 4. The van der Waals surface area contributed by atoms with Crippen molar-refractivity contribution in [3.8, 4) is 5.75 Å². The molecule has 0 heterocycles. The van der Waals surface area contributed by atoms with E-state index in [9.17, 15) is 18.0 Å². The van der Waals surface area contributed by atoms with Crippen LogP contribution in [-0.4, -0.2) is 19.2 Å². The lowest BCUT2D eigenvalue weighted by molar-refractivity contribution is -0.138. The normalized spacial score (nSPS) is 16.0. The van der Waals surface area contributed by atoms with Gasteiger partial charge in [-0.05, 0) is 30.5 Å². The van der Waals surface area contributed by atoms with Crippen molar-refractivity contribution in [2.24, 2.45) is 0 Å². The van der Waals surface area contributed by atoms with Crippen LogP contribution in [0.1, 0.15) is 43.2 Å². The van der Waals surface area contributed by atoms with E-state index >= 15 is 0 Å². The molecule has 1 aromatic rings. The van der Waals surface area contributed by atoms with E-state index in [1.807, 2.05) is 0 Å². The molecule has 1 fully saturated rings. The molecule has 0 unspecified atom stereocenters. The van der Waals surface area contributed by atoms with Gasteiger partial charge in [-0.25, -0.2) is 4.79 Å². The summed E-state index contributed by atoms with van der Waals surface area (Å²) in [5, 5.41) is 5.32. The van der Waals surface area contributed by atoms with Crippen molar-refractivity contribution in [2.45, 2.75) is 50.9 Å². The minimum absolute atomic E-state index is 0.0112. The molecule has 0 spiro atoms. The fraction of sp³-hybridized carbons (Fsp3) is 0.562. The molecule has 0 bridgehead atoms. The van der Waals surface area contributed by atoms with Crippen molar-refractivity contribution in [3.63, 3.8) is 0 Å². The van der Waals surface area contributed by atoms with Gasteiger partial charge in [0.2, 0.25) is 0 Å². The molecule has 2 amide bonds. The van der Waals surface area contributed by atoms with E-state index < -0.39 is 17.8 Å². The number of hydrogen-bond acceptors (Lipinski definition) is 2. The lowest BCUT2D eigenvalue weighted by Gasteiger charge is -2.23. The number of carbonyl (C=O) groups is 1. The minimum atomic E-state index is -4.49. The van der Waals surface area contributed by atoms with Gasteiger partial charge in [-0.2, -0.15) is 13.2 Å². The lowest BCUT2D eigenvalue weighted by atomic mass is 9.96. The molecule has 0 aliphatic heterocycles. The number of hydrogen-bond donors (Lipinski definition) is 2. The highest BCUT2D eigenvalue weighted by molar-refractivity contribution is 5.74. The zero-order valence-electron chi connectivity index (χ0n) is 13.0. The topological polar surface area (TPSA) is 50.4 Å². The highest BCUT2D eigenvalue weighted by Crippen LogP contribution is 2.34. The predicted octanol–water partition coefficient (Wildman–Crippen LogP) is 3.85. The smallest absolute Gasteiger partial charge is 0.416 e. The first kappa shape index (κ1) is 17.4. The maximum Gasteiger partial charge on any atom is 0.416 e. The summed E-state index contributed by atoms with van der Waals surface area (Å²) in [6.07, 6.45) is 0.656. The Morgan fingerprint density at radius 1 is 1.26 bits per heavy atom. The third-order valence-corrected chi connectivity index (χ3v) is 4.00. The molecule has 1 aliphatic rings. The summed E-state index contributed by atoms with van der Waals surface area (Å²) in [5.74, 6) is 0.132. The van der Waals surface area contributed by atoms with Crippen molar-refractivity contribution >= 4 is 6.03 Å². The van der Waals surface area contributed by atoms with E-state index in [0.717, 1.165) is 31.7 Å². The Kier molecular flexibility index (Phi) is 5.74. The predicted molar refractivity (Wildman–Crippen MR) is 80.2 cm³/mol. The second-order valence-corrected chi connectivity index (χ2v) is 5.68. The molecule has 2 rings (SSSR count). The van der Waals surface area contributed by atoms with Crippen LogP contribution in [0.4, 0.5) is 18.0 Å². The second-order valence-electron chi connectivity index (χ2n) is 5.68. The van der Waals surface area contributed by atoms with Gasteiger partial charge in [-0.1, -0.05) is 25.3 Å². The molecule has 1 aliphatic carbocycles. The number of amides is 2. The van der Waals surface area contributed by atoms with Gasteiger partial charge in [0.15, 0.2) is 0 Å². The van der Waals surface area contributed by atoms with Crippen LogP contribution in [0.15, 0.2) is 18.2 Å². The maximum absolute atomic E-state index is 13.1. The number of benzene rings is 1. The number of urea groups is 1. The second kappa shape index (κ2) is 7.57. The summed E-state index contributed by atoms with van der Waals surface area (Å²) in [4.78, 5) is 11.8. The van der Waals surface area contributed by atoms with Crippen LogP contribution >= 0.6 is 0 Å². The van der Waals surface area contributed by atoms with Gasteiger partial charge in [0.05, 0.1) is 12.7 Å². The first-order chi connectivity index (χ1) is 10.9. The van der Waals surface area contributed by atoms with Gasteiger partial charge in [0.25, 0.3) is 0 Å². The summed E-state index contributed by atoms with van der Waals surface area (Å²) < 4.78 is 44.1. The first-order valence-corrected chi connectivity index (χ1v) is 7.68. The summed E-state index contributed by atoms with van der Waals surface area (Å²) in [6.45, 7) is -0.183. The molecule has 0 saturated heterocycles. The first-order valence-electron chi connectivity index (χ1n) is 7.68. The quantitative estimate of drug-likeness (QED) is 0.881. The van der Waals surface area contributed by atoms with E-state index in [-0.39, 0.29) is 23.9 Å². The Labute approximate surface area is 133 Å². The average molecular weight is 330 g/mol. The van der Waals surface area contributed by atoms with E-state index in [1.165, 1.54) is 25.7 Å². The summed E-state index contributed by atoms with van der Waals surface area (Å²) in [5.41, 5.74) is -0.785. The maximum atomic E-state index is 13.1. The van der Waals surface area contributed by atoms with Gasteiger partial charge in [-0.15, -0.1) is 0 Å². The van der Waals surface area contributed by atoms with Crippen molar-refractivity contribution in [3.05, 3.63) is 29.3 Å². The SMILES string of the molecule is COc1ccc(CNC(=O)NC2CCCCC2)c(C(F)(F)F)c1. The third-order valence-electron chi connectivity index (χ3n) is 4.00. The standard InChI is InChI=1S/C16H21F3N2O2/c1-23-13-8-7-11(14(9-13)16(17,18)19)10-20-15(22)21-12-5-3-2-4-6-12/h7-9,12H,2-6,10H2,1H3,(H2,20,21,22). The molecular formula is C16H21F3N2O2. The van der Waals surface area contributed by atoms with Gasteiger partial charge in [0, 0.05) is 12.6 Å². The van der Waals surface area contributed by atoms with Crippen LogP contribution in [0.2, 0.25) is 0 Å². The highest BCUT2D eigenvalue weighted by Gasteiger charge is 2.33. The average Bonchev–Trinajstić information content (AvgIpc) is 2.53. The highest BCUT2D eigenvalue weighted by atomic mass is 19.4. The number of methoxy groups -OCH3 is 1. The summed E-state index contributed by atoms with van der Waals surface area (Å²) in [7, 11) is 1.31. The molecular weight excluding hydrogens is 309 g/mol. The molecule has 1 saturated carbocycles. The summed E-state index contributed by atoms with van der Waals surface area (Å²) >= 11 is 0. The van der Waals surface area contributed by atoms with Gasteiger partial charge >= 0.3 is 12.2 Å². The zero-order valence-corrected chi connectivity index (χ0v) is 13.0. The Bertz CT molecular complexity index is 541. The van der Waals surface area contributed by atoms with Crippen LogP contribution < -0.4 is 15.4 Å². The van der Waals surface area contributed by atoms with Crippen molar-refractivity contribution < 1.29 is 22.7 Å². The molecule has 0 radical (unpaired) electrons. The Balaban J connectivity index is 1.97. The molecule has 7 heteroatoms. The molecule has 0 aromatic heterocycles. The molecule has 4 nitrogen and oxygen atoms in total. The fourth-order valence-electron chi connectivity index (χ4n) is 2.76. The van der Waals surface area contributed by atoms with Crippen LogP contribution in [-0.2, 0) is 12.7 Å². The Morgan fingerprint density at radius 2 is 1.96 bits per heavy atom. The Hall–Kier alpha value is -1.92. The third kappa shape index (κ3) is 5.04.